The summed E-state index contributed by atoms with van der Waals surface area (Å²) < 4.78 is 13.3. The second-order valence-electron chi connectivity index (χ2n) is 4.03. The molecule has 1 aromatic rings. The molecule has 94 valence electrons. The van der Waals surface area contributed by atoms with Gasteiger partial charge in [0.2, 0.25) is 5.91 Å². The maximum atomic E-state index is 13.3. The molecule has 0 saturated carbocycles. The van der Waals surface area contributed by atoms with E-state index in [-0.39, 0.29) is 24.3 Å². The van der Waals surface area contributed by atoms with E-state index in [1.807, 2.05) is 13.8 Å². The number of halogens is 1. The normalized spacial score (nSPS) is 12.2. The Kier molecular flexibility index (Phi) is 5.63. The van der Waals surface area contributed by atoms with Crippen molar-refractivity contribution in [2.24, 2.45) is 0 Å². The summed E-state index contributed by atoms with van der Waals surface area (Å²) in [6.07, 6.45) is 0.405. The van der Waals surface area contributed by atoms with Crippen LogP contribution in [0.25, 0.3) is 0 Å². The van der Waals surface area contributed by atoms with Gasteiger partial charge in [-0.2, -0.15) is 0 Å². The molecular weight excluding hydrogens is 219 g/mol. The maximum absolute atomic E-state index is 13.3. The Bertz CT molecular complexity index is 368. The standard InChI is InChI=1S/C13H19FN2O/c1-3-15-10(2)8-13(17)16-9-11-6-4-5-7-12(11)14/h4-7,10,15H,3,8-9H2,1-2H3,(H,16,17). The highest BCUT2D eigenvalue weighted by atomic mass is 19.1. The Morgan fingerprint density at radius 3 is 2.76 bits per heavy atom. The van der Waals surface area contributed by atoms with Crippen LogP contribution in [0.4, 0.5) is 4.39 Å². The first kappa shape index (κ1) is 13.6. The van der Waals surface area contributed by atoms with Gasteiger partial charge in [-0.3, -0.25) is 4.79 Å². The topological polar surface area (TPSA) is 41.1 Å². The molecule has 0 bridgehead atoms. The van der Waals surface area contributed by atoms with E-state index in [2.05, 4.69) is 10.6 Å². The predicted octanol–water partition coefficient (Wildman–Crippen LogP) is 1.83. The van der Waals surface area contributed by atoms with Crippen LogP contribution in [0, 0.1) is 5.82 Å². The first-order valence-electron chi connectivity index (χ1n) is 5.87. The van der Waals surface area contributed by atoms with Gasteiger partial charge in [0, 0.05) is 24.6 Å². The number of benzene rings is 1. The smallest absolute Gasteiger partial charge is 0.221 e. The van der Waals surface area contributed by atoms with Crippen molar-refractivity contribution in [3.05, 3.63) is 35.6 Å². The minimum Gasteiger partial charge on any atom is -0.352 e. The summed E-state index contributed by atoms with van der Waals surface area (Å²) in [5.41, 5.74) is 0.511. The van der Waals surface area contributed by atoms with Crippen LogP contribution in [0.2, 0.25) is 0 Å². The van der Waals surface area contributed by atoms with Gasteiger partial charge in [0.05, 0.1) is 0 Å². The van der Waals surface area contributed by atoms with E-state index in [0.717, 1.165) is 6.54 Å². The van der Waals surface area contributed by atoms with E-state index >= 15 is 0 Å². The number of nitrogens with one attached hydrogen (secondary N) is 2. The van der Waals surface area contributed by atoms with Crippen molar-refractivity contribution >= 4 is 5.91 Å². The molecule has 4 heteroatoms. The summed E-state index contributed by atoms with van der Waals surface area (Å²) in [5.74, 6) is -0.353. The third-order valence-corrected chi connectivity index (χ3v) is 2.48. The Morgan fingerprint density at radius 2 is 2.12 bits per heavy atom. The first-order chi connectivity index (χ1) is 8.13. The minimum absolute atomic E-state index is 0.0679. The number of rotatable bonds is 6. The SMILES string of the molecule is CCNC(C)CC(=O)NCc1ccccc1F. The van der Waals surface area contributed by atoms with Crippen LogP contribution in [0.1, 0.15) is 25.8 Å². The fraction of sp³-hybridized carbons (Fsp3) is 0.462. The van der Waals surface area contributed by atoms with Crippen LogP contribution in [0.3, 0.4) is 0 Å². The van der Waals surface area contributed by atoms with Crippen LogP contribution in [-0.4, -0.2) is 18.5 Å². The van der Waals surface area contributed by atoms with Gasteiger partial charge in [-0.25, -0.2) is 4.39 Å². The lowest BCUT2D eigenvalue weighted by molar-refractivity contribution is -0.121. The Morgan fingerprint density at radius 1 is 1.41 bits per heavy atom. The van der Waals surface area contributed by atoms with Crippen molar-refractivity contribution in [2.75, 3.05) is 6.54 Å². The molecule has 0 fully saturated rings. The van der Waals surface area contributed by atoms with Gasteiger partial charge in [-0.1, -0.05) is 25.1 Å². The zero-order valence-corrected chi connectivity index (χ0v) is 10.3. The quantitative estimate of drug-likeness (QED) is 0.794. The molecule has 0 aliphatic heterocycles. The molecule has 0 aromatic heterocycles. The molecule has 1 unspecified atom stereocenters. The molecule has 0 aliphatic carbocycles. The third kappa shape index (κ3) is 4.95. The summed E-state index contributed by atoms with van der Waals surface area (Å²) in [6.45, 7) is 5.02. The lowest BCUT2D eigenvalue weighted by Gasteiger charge is -2.12. The summed E-state index contributed by atoms with van der Waals surface area (Å²) in [7, 11) is 0. The van der Waals surface area contributed by atoms with Gasteiger partial charge < -0.3 is 10.6 Å². The second-order valence-corrected chi connectivity index (χ2v) is 4.03. The Balaban J connectivity index is 2.36. The monoisotopic (exact) mass is 238 g/mol. The molecule has 2 N–H and O–H groups in total. The largest absolute Gasteiger partial charge is 0.352 e. The van der Waals surface area contributed by atoms with Crippen molar-refractivity contribution in [2.45, 2.75) is 32.9 Å². The molecule has 1 rings (SSSR count). The fourth-order valence-corrected chi connectivity index (χ4v) is 1.61. The van der Waals surface area contributed by atoms with Gasteiger partial charge in [0.1, 0.15) is 5.82 Å². The Hall–Kier alpha value is -1.42. The lowest BCUT2D eigenvalue weighted by atomic mass is 10.2. The van der Waals surface area contributed by atoms with Gasteiger partial charge in [0.15, 0.2) is 0 Å². The third-order valence-electron chi connectivity index (χ3n) is 2.48. The number of carbonyl (C=O) groups excluding carboxylic acids is 1. The summed E-state index contributed by atoms with van der Waals surface area (Å²) >= 11 is 0. The molecule has 0 aliphatic rings. The maximum Gasteiger partial charge on any atom is 0.221 e. The van der Waals surface area contributed by atoms with Crippen molar-refractivity contribution < 1.29 is 9.18 Å². The zero-order chi connectivity index (χ0) is 12.7. The van der Waals surface area contributed by atoms with Gasteiger partial charge in [-0.15, -0.1) is 0 Å². The second kappa shape index (κ2) is 7.01. The summed E-state index contributed by atoms with van der Waals surface area (Å²) in [5, 5.41) is 5.86. The van der Waals surface area contributed by atoms with Crippen LogP contribution in [0.15, 0.2) is 24.3 Å². The highest BCUT2D eigenvalue weighted by molar-refractivity contribution is 5.76. The Labute approximate surface area is 101 Å². The molecule has 0 spiro atoms. The number of carbonyl (C=O) groups is 1. The predicted molar refractivity (Wildman–Crippen MR) is 66.0 cm³/mol. The molecule has 17 heavy (non-hydrogen) atoms. The molecular formula is C13H19FN2O. The van der Waals surface area contributed by atoms with E-state index in [1.54, 1.807) is 18.2 Å². The van der Waals surface area contributed by atoms with Crippen LogP contribution in [-0.2, 0) is 11.3 Å². The molecule has 0 heterocycles. The van der Waals surface area contributed by atoms with E-state index in [0.29, 0.717) is 12.0 Å². The van der Waals surface area contributed by atoms with E-state index < -0.39 is 0 Å². The van der Waals surface area contributed by atoms with E-state index in [9.17, 15) is 9.18 Å². The molecule has 0 saturated heterocycles. The fourth-order valence-electron chi connectivity index (χ4n) is 1.61. The van der Waals surface area contributed by atoms with Gasteiger partial charge >= 0.3 is 0 Å². The van der Waals surface area contributed by atoms with E-state index in [4.69, 9.17) is 0 Å². The first-order valence-corrected chi connectivity index (χ1v) is 5.87. The summed E-state index contributed by atoms with van der Waals surface area (Å²) in [6, 6.07) is 6.59. The number of amides is 1. The number of hydrogen-bond donors (Lipinski definition) is 2. The van der Waals surface area contributed by atoms with E-state index in [1.165, 1.54) is 6.07 Å². The van der Waals surface area contributed by atoms with Gasteiger partial charge in [0.25, 0.3) is 0 Å². The number of hydrogen-bond acceptors (Lipinski definition) is 2. The average Bonchev–Trinajstić information content (AvgIpc) is 2.28. The van der Waals surface area contributed by atoms with Crippen molar-refractivity contribution in [1.82, 2.24) is 10.6 Å². The zero-order valence-electron chi connectivity index (χ0n) is 10.3. The van der Waals surface area contributed by atoms with Crippen LogP contribution in [0.5, 0.6) is 0 Å². The highest BCUT2D eigenvalue weighted by Crippen LogP contribution is 2.05. The van der Waals surface area contributed by atoms with Crippen LogP contribution >= 0.6 is 0 Å². The van der Waals surface area contributed by atoms with Crippen molar-refractivity contribution in [3.8, 4) is 0 Å². The molecule has 1 atom stereocenters. The van der Waals surface area contributed by atoms with Crippen molar-refractivity contribution in [3.63, 3.8) is 0 Å². The minimum atomic E-state index is -0.285. The molecule has 1 amide bonds. The molecule has 3 nitrogen and oxygen atoms in total. The van der Waals surface area contributed by atoms with Crippen molar-refractivity contribution in [1.29, 1.82) is 0 Å². The highest BCUT2D eigenvalue weighted by Gasteiger charge is 2.08. The van der Waals surface area contributed by atoms with Gasteiger partial charge in [-0.05, 0) is 19.5 Å². The molecule has 0 radical (unpaired) electrons. The lowest BCUT2D eigenvalue weighted by Crippen LogP contribution is -2.33. The average molecular weight is 238 g/mol. The van der Waals surface area contributed by atoms with Crippen LogP contribution < -0.4 is 10.6 Å². The molecule has 1 aromatic carbocycles. The summed E-state index contributed by atoms with van der Waals surface area (Å²) in [4.78, 5) is 11.5.